The molecule has 0 saturated heterocycles. The van der Waals surface area contributed by atoms with Gasteiger partial charge >= 0.3 is 0 Å². The van der Waals surface area contributed by atoms with Crippen LogP contribution in [0.2, 0.25) is 0 Å². The van der Waals surface area contributed by atoms with E-state index in [1.54, 1.807) is 0 Å². The van der Waals surface area contributed by atoms with Crippen LogP contribution in [0.25, 0.3) is 0 Å². The summed E-state index contributed by atoms with van der Waals surface area (Å²) in [6.07, 6.45) is 5.06. The van der Waals surface area contributed by atoms with Crippen LogP contribution in [0.1, 0.15) is 49.8 Å². The molecular formula is C17H27ClN2O. The van der Waals surface area contributed by atoms with E-state index in [1.165, 1.54) is 31.2 Å². The van der Waals surface area contributed by atoms with Gasteiger partial charge in [-0.2, -0.15) is 0 Å². The highest BCUT2D eigenvalue weighted by molar-refractivity contribution is 5.85. The first-order chi connectivity index (χ1) is 9.56. The predicted molar refractivity (Wildman–Crippen MR) is 89.5 cm³/mol. The molecule has 0 aliphatic heterocycles. The van der Waals surface area contributed by atoms with Gasteiger partial charge in [0.15, 0.2) is 0 Å². The number of amides is 1. The van der Waals surface area contributed by atoms with Crippen molar-refractivity contribution in [2.75, 3.05) is 6.54 Å². The molecule has 1 saturated carbocycles. The maximum atomic E-state index is 12.1. The van der Waals surface area contributed by atoms with E-state index < -0.39 is 6.04 Å². The summed E-state index contributed by atoms with van der Waals surface area (Å²) in [6.45, 7) is 5.09. The summed E-state index contributed by atoms with van der Waals surface area (Å²) in [5.41, 5.74) is 8.08. The van der Waals surface area contributed by atoms with Gasteiger partial charge in [-0.15, -0.1) is 12.4 Å². The lowest BCUT2D eigenvalue weighted by atomic mass is 9.82. The Morgan fingerprint density at radius 2 is 2.00 bits per heavy atom. The molecule has 2 rings (SSSR count). The average Bonchev–Trinajstić information content (AvgIpc) is 2.45. The van der Waals surface area contributed by atoms with Crippen LogP contribution in [-0.4, -0.2) is 12.5 Å². The van der Waals surface area contributed by atoms with Crippen molar-refractivity contribution >= 4 is 18.3 Å². The van der Waals surface area contributed by atoms with Crippen LogP contribution in [-0.2, 0) is 4.79 Å². The van der Waals surface area contributed by atoms with Gasteiger partial charge < -0.3 is 11.1 Å². The second-order valence-electron chi connectivity index (χ2n) is 6.27. The van der Waals surface area contributed by atoms with Crippen molar-refractivity contribution in [3.63, 3.8) is 0 Å². The van der Waals surface area contributed by atoms with Gasteiger partial charge in [-0.3, -0.25) is 4.79 Å². The summed E-state index contributed by atoms with van der Waals surface area (Å²) in [5, 5.41) is 3.02. The Morgan fingerprint density at radius 1 is 1.33 bits per heavy atom. The Hall–Kier alpha value is -1.06. The summed E-state index contributed by atoms with van der Waals surface area (Å²) in [7, 11) is 0. The maximum Gasteiger partial charge on any atom is 0.241 e. The predicted octanol–water partition coefficient (Wildman–Crippen LogP) is 3.36. The molecule has 1 fully saturated rings. The van der Waals surface area contributed by atoms with E-state index in [-0.39, 0.29) is 18.3 Å². The number of benzene rings is 1. The number of aryl methyl sites for hydroxylation is 1. The van der Waals surface area contributed by atoms with Crippen LogP contribution < -0.4 is 11.1 Å². The molecule has 1 amide bonds. The number of halogens is 1. The summed E-state index contributed by atoms with van der Waals surface area (Å²) >= 11 is 0. The van der Waals surface area contributed by atoms with Gasteiger partial charge in [0.05, 0.1) is 0 Å². The van der Waals surface area contributed by atoms with Crippen molar-refractivity contribution in [1.29, 1.82) is 0 Å². The molecule has 3 unspecified atom stereocenters. The Bertz CT molecular complexity index is 447. The standard InChI is InChI=1S/C17H26N2O.ClH/c1-12-6-8-15(9-7-12)16(18)17(20)19-11-14-5-3-4-13(2)10-14;/h6-9,13-14,16H,3-5,10-11,18H2,1-2H3,(H,19,20);1H. The Balaban J connectivity index is 0.00000220. The average molecular weight is 311 g/mol. The number of nitrogens with two attached hydrogens (primary N) is 1. The zero-order chi connectivity index (χ0) is 14.5. The third-order valence-electron chi connectivity index (χ3n) is 4.33. The fourth-order valence-electron chi connectivity index (χ4n) is 3.03. The molecule has 3 atom stereocenters. The molecule has 118 valence electrons. The molecule has 4 heteroatoms. The number of carbonyl (C=O) groups is 1. The minimum atomic E-state index is -0.559. The zero-order valence-electron chi connectivity index (χ0n) is 13.0. The van der Waals surface area contributed by atoms with Crippen LogP contribution in [0, 0.1) is 18.8 Å². The monoisotopic (exact) mass is 310 g/mol. The van der Waals surface area contributed by atoms with Crippen molar-refractivity contribution in [3.05, 3.63) is 35.4 Å². The maximum absolute atomic E-state index is 12.1. The van der Waals surface area contributed by atoms with Crippen LogP contribution in [0.5, 0.6) is 0 Å². The van der Waals surface area contributed by atoms with Crippen LogP contribution >= 0.6 is 12.4 Å². The topological polar surface area (TPSA) is 55.1 Å². The van der Waals surface area contributed by atoms with E-state index >= 15 is 0 Å². The fourth-order valence-corrected chi connectivity index (χ4v) is 3.03. The van der Waals surface area contributed by atoms with E-state index in [1.807, 2.05) is 31.2 Å². The van der Waals surface area contributed by atoms with Crippen molar-refractivity contribution in [2.24, 2.45) is 17.6 Å². The molecule has 0 spiro atoms. The molecule has 0 radical (unpaired) electrons. The van der Waals surface area contributed by atoms with Crippen molar-refractivity contribution in [3.8, 4) is 0 Å². The quantitative estimate of drug-likeness (QED) is 0.896. The van der Waals surface area contributed by atoms with Gasteiger partial charge in [-0.1, -0.05) is 49.6 Å². The van der Waals surface area contributed by atoms with Crippen LogP contribution in [0.3, 0.4) is 0 Å². The smallest absolute Gasteiger partial charge is 0.241 e. The lowest BCUT2D eigenvalue weighted by Gasteiger charge is -2.27. The molecule has 0 heterocycles. The minimum absolute atomic E-state index is 0. The number of nitrogens with one attached hydrogen (secondary N) is 1. The second kappa shape index (κ2) is 8.40. The van der Waals surface area contributed by atoms with E-state index in [2.05, 4.69) is 12.2 Å². The number of hydrogen-bond acceptors (Lipinski definition) is 2. The molecule has 21 heavy (non-hydrogen) atoms. The van der Waals surface area contributed by atoms with Crippen molar-refractivity contribution < 1.29 is 4.79 Å². The van der Waals surface area contributed by atoms with Gasteiger partial charge in [0.25, 0.3) is 0 Å². The second-order valence-corrected chi connectivity index (χ2v) is 6.27. The first-order valence-corrected chi connectivity index (χ1v) is 7.66. The van der Waals surface area contributed by atoms with E-state index in [9.17, 15) is 4.79 Å². The number of rotatable bonds is 4. The third-order valence-corrected chi connectivity index (χ3v) is 4.33. The van der Waals surface area contributed by atoms with E-state index in [0.717, 1.165) is 18.0 Å². The highest BCUT2D eigenvalue weighted by Crippen LogP contribution is 2.28. The van der Waals surface area contributed by atoms with Gasteiger partial charge in [0.1, 0.15) is 6.04 Å². The summed E-state index contributed by atoms with van der Waals surface area (Å²) in [4.78, 5) is 12.1. The normalized spacial score (nSPS) is 23.0. The summed E-state index contributed by atoms with van der Waals surface area (Å²) in [5.74, 6) is 1.34. The van der Waals surface area contributed by atoms with Crippen LogP contribution in [0.4, 0.5) is 0 Å². The molecule has 3 N–H and O–H groups in total. The van der Waals surface area contributed by atoms with Crippen molar-refractivity contribution in [1.82, 2.24) is 5.32 Å². The number of hydrogen-bond donors (Lipinski definition) is 2. The highest BCUT2D eigenvalue weighted by Gasteiger charge is 2.21. The summed E-state index contributed by atoms with van der Waals surface area (Å²) < 4.78 is 0. The molecule has 1 aromatic rings. The summed E-state index contributed by atoms with van der Waals surface area (Å²) in [6, 6.07) is 7.29. The zero-order valence-corrected chi connectivity index (χ0v) is 13.8. The fraction of sp³-hybridized carbons (Fsp3) is 0.588. The Labute approximate surface area is 134 Å². The molecule has 0 aromatic heterocycles. The lowest BCUT2D eigenvalue weighted by Crippen LogP contribution is -2.37. The molecule has 1 aromatic carbocycles. The molecule has 3 nitrogen and oxygen atoms in total. The molecular weight excluding hydrogens is 284 g/mol. The SMILES string of the molecule is Cc1ccc(C(N)C(=O)NCC2CCCC(C)C2)cc1.Cl. The first-order valence-electron chi connectivity index (χ1n) is 7.66. The number of carbonyl (C=O) groups excluding carboxylic acids is 1. The van der Waals surface area contributed by atoms with Gasteiger partial charge in [0.2, 0.25) is 5.91 Å². The third kappa shape index (κ3) is 5.33. The lowest BCUT2D eigenvalue weighted by molar-refractivity contribution is -0.122. The van der Waals surface area contributed by atoms with Crippen molar-refractivity contribution in [2.45, 2.75) is 45.6 Å². The Kier molecular flexibility index (Phi) is 7.20. The Morgan fingerprint density at radius 3 is 2.62 bits per heavy atom. The first kappa shape index (κ1) is 18.0. The minimum Gasteiger partial charge on any atom is -0.354 e. The highest BCUT2D eigenvalue weighted by atomic mass is 35.5. The largest absolute Gasteiger partial charge is 0.354 e. The molecule has 1 aliphatic rings. The van der Waals surface area contributed by atoms with Crippen LogP contribution in [0.15, 0.2) is 24.3 Å². The van der Waals surface area contributed by atoms with Gasteiger partial charge in [-0.25, -0.2) is 0 Å². The van der Waals surface area contributed by atoms with E-state index in [4.69, 9.17) is 5.73 Å². The van der Waals surface area contributed by atoms with Gasteiger partial charge in [-0.05, 0) is 37.2 Å². The van der Waals surface area contributed by atoms with E-state index in [0.29, 0.717) is 5.92 Å². The molecule has 1 aliphatic carbocycles. The van der Waals surface area contributed by atoms with Gasteiger partial charge in [0, 0.05) is 6.54 Å². The molecule has 0 bridgehead atoms.